The molecule has 0 radical (unpaired) electrons. The summed E-state index contributed by atoms with van der Waals surface area (Å²) in [5.41, 5.74) is 2.55. The molecule has 9 nitrogen and oxygen atoms in total. The molecule has 148 valence electrons. The lowest BCUT2D eigenvalue weighted by atomic mass is 10.1. The number of hydrogen-bond acceptors (Lipinski definition) is 6. The molecule has 0 aliphatic rings. The number of amides is 1. The van der Waals surface area contributed by atoms with Gasteiger partial charge in [0, 0.05) is 26.0 Å². The maximum atomic E-state index is 12.4. The van der Waals surface area contributed by atoms with Crippen molar-refractivity contribution in [3.05, 3.63) is 47.7 Å². The minimum Gasteiger partial charge on any atom is -0.453 e. The van der Waals surface area contributed by atoms with Gasteiger partial charge in [0.1, 0.15) is 0 Å². The quantitative estimate of drug-likeness (QED) is 0.670. The van der Waals surface area contributed by atoms with Gasteiger partial charge in [-0.3, -0.25) is 9.20 Å². The lowest BCUT2D eigenvalue weighted by Crippen LogP contribution is -2.24. The molecule has 1 aromatic carbocycles. The highest BCUT2D eigenvalue weighted by molar-refractivity contribution is 7.89. The van der Waals surface area contributed by atoms with Gasteiger partial charge in [0.05, 0.1) is 4.90 Å². The van der Waals surface area contributed by atoms with Crippen LogP contribution in [0, 0.1) is 13.8 Å². The second kappa shape index (κ2) is 7.56. The van der Waals surface area contributed by atoms with Crippen LogP contribution in [0.3, 0.4) is 0 Å². The number of sulfonamides is 1. The summed E-state index contributed by atoms with van der Waals surface area (Å²) < 4.78 is 33.0. The van der Waals surface area contributed by atoms with Gasteiger partial charge in [-0.25, -0.2) is 12.7 Å². The fourth-order valence-corrected chi connectivity index (χ4v) is 3.56. The molecule has 2 aromatic heterocycles. The molecular formula is C18H21N5O4S. The molecule has 0 saturated carbocycles. The molecule has 0 unspecified atom stereocenters. The van der Waals surface area contributed by atoms with Crippen molar-refractivity contribution in [2.24, 2.45) is 0 Å². The number of anilines is 1. The van der Waals surface area contributed by atoms with E-state index in [2.05, 4.69) is 15.5 Å². The van der Waals surface area contributed by atoms with Crippen LogP contribution in [-0.2, 0) is 14.8 Å². The lowest BCUT2D eigenvalue weighted by Gasteiger charge is -2.16. The summed E-state index contributed by atoms with van der Waals surface area (Å²) in [5, 5.41) is 10.6. The number of carbonyl (C=O) groups excluding carboxylic acids is 1. The van der Waals surface area contributed by atoms with Gasteiger partial charge in [0.25, 0.3) is 5.91 Å². The van der Waals surface area contributed by atoms with Gasteiger partial charge < -0.3 is 10.1 Å². The van der Waals surface area contributed by atoms with E-state index in [0.29, 0.717) is 11.3 Å². The maximum Gasteiger partial charge on any atom is 0.322 e. The summed E-state index contributed by atoms with van der Waals surface area (Å²) in [7, 11) is -0.702. The van der Waals surface area contributed by atoms with Crippen LogP contribution in [0.25, 0.3) is 5.65 Å². The predicted molar refractivity (Wildman–Crippen MR) is 104 cm³/mol. The van der Waals surface area contributed by atoms with Gasteiger partial charge in [-0.05, 0) is 49.2 Å². The second-order valence-electron chi connectivity index (χ2n) is 6.45. The van der Waals surface area contributed by atoms with Crippen LogP contribution >= 0.6 is 0 Å². The molecular weight excluding hydrogens is 382 g/mol. The van der Waals surface area contributed by atoms with Crippen LogP contribution < -0.4 is 10.1 Å². The van der Waals surface area contributed by atoms with Crippen molar-refractivity contribution in [2.75, 3.05) is 26.0 Å². The van der Waals surface area contributed by atoms with Gasteiger partial charge in [-0.15, -0.1) is 5.10 Å². The summed E-state index contributed by atoms with van der Waals surface area (Å²) in [6.07, 6.45) is 1.73. The van der Waals surface area contributed by atoms with Gasteiger partial charge >= 0.3 is 6.01 Å². The molecule has 2 heterocycles. The molecule has 0 aliphatic carbocycles. The minimum atomic E-state index is -3.62. The average Bonchev–Trinajstić information content (AvgIpc) is 3.06. The van der Waals surface area contributed by atoms with E-state index in [1.54, 1.807) is 35.7 Å². The molecule has 0 fully saturated rings. The Morgan fingerprint density at radius 3 is 2.68 bits per heavy atom. The fraction of sp³-hybridized carbons (Fsp3) is 0.278. The van der Waals surface area contributed by atoms with E-state index in [1.165, 1.54) is 20.2 Å². The highest BCUT2D eigenvalue weighted by Gasteiger charge is 2.20. The minimum absolute atomic E-state index is 0.111. The first-order valence-electron chi connectivity index (χ1n) is 8.46. The molecule has 10 heteroatoms. The number of ether oxygens (including phenoxy) is 1. The van der Waals surface area contributed by atoms with Crippen LogP contribution in [0.15, 0.2) is 41.4 Å². The molecule has 0 aliphatic heterocycles. The molecule has 3 rings (SSSR count). The number of fused-ring (bicyclic) bond motifs is 1. The van der Waals surface area contributed by atoms with Crippen LogP contribution in [0.4, 0.5) is 5.69 Å². The summed E-state index contributed by atoms with van der Waals surface area (Å²) in [5.74, 6) is -0.436. The Hall–Kier alpha value is -2.98. The number of carbonyl (C=O) groups is 1. The fourth-order valence-electron chi connectivity index (χ4n) is 2.55. The first-order chi connectivity index (χ1) is 13.2. The average molecular weight is 403 g/mol. The highest BCUT2D eigenvalue weighted by Crippen LogP contribution is 2.25. The number of nitrogens with zero attached hydrogens (tertiary/aromatic N) is 4. The normalized spacial score (nSPS) is 11.8. The molecule has 0 saturated heterocycles. The van der Waals surface area contributed by atoms with E-state index >= 15 is 0 Å². The number of benzene rings is 1. The molecule has 0 spiro atoms. The summed E-state index contributed by atoms with van der Waals surface area (Å²) >= 11 is 0. The Balaban J connectivity index is 1.77. The molecule has 0 bridgehead atoms. The van der Waals surface area contributed by atoms with Crippen molar-refractivity contribution in [3.63, 3.8) is 0 Å². The topological polar surface area (TPSA) is 106 Å². The third kappa shape index (κ3) is 3.82. The van der Waals surface area contributed by atoms with E-state index < -0.39 is 15.9 Å². The van der Waals surface area contributed by atoms with Crippen LogP contribution in [0.2, 0.25) is 0 Å². The Morgan fingerprint density at radius 1 is 1.21 bits per heavy atom. The SMILES string of the molecule is Cc1cc(S(=O)(=O)N(C)C)cc(NC(=O)COc2nnc3ccccn23)c1C. The Bertz CT molecular complexity index is 1140. The number of rotatable bonds is 6. The molecule has 0 atom stereocenters. The second-order valence-corrected chi connectivity index (χ2v) is 8.60. The van der Waals surface area contributed by atoms with Crippen LogP contribution in [0.5, 0.6) is 6.01 Å². The molecule has 3 aromatic rings. The van der Waals surface area contributed by atoms with Gasteiger partial charge in [0.15, 0.2) is 12.3 Å². The van der Waals surface area contributed by atoms with Gasteiger partial charge in [0.2, 0.25) is 10.0 Å². The van der Waals surface area contributed by atoms with Crippen molar-refractivity contribution in [2.45, 2.75) is 18.7 Å². The number of hydrogen-bond donors (Lipinski definition) is 1. The zero-order valence-corrected chi connectivity index (χ0v) is 16.8. The zero-order chi connectivity index (χ0) is 20.5. The zero-order valence-electron chi connectivity index (χ0n) is 16.0. The third-order valence-corrected chi connectivity index (χ3v) is 6.10. The largest absolute Gasteiger partial charge is 0.453 e. The number of aryl methyl sites for hydroxylation is 1. The monoisotopic (exact) mass is 403 g/mol. The van der Waals surface area contributed by atoms with Crippen molar-refractivity contribution >= 4 is 27.3 Å². The number of nitrogens with one attached hydrogen (secondary N) is 1. The first kappa shape index (κ1) is 19.8. The molecule has 1 N–H and O–H groups in total. The van der Waals surface area contributed by atoms with Crippen molar-refractivity contribution in [1.29, 1.82) is 0 Å². The summed E-state index contributed by atoms with van der Waals surface area (Å²) in [4.78, 5) is 12.5. The Labute approximate surface area is 163 Å². The highest BCUT2D eigenvalue weighted by atomic mass is 32.2. The predicted octanol–water partition coefficient (Wildman–Crippen LogP) is 1.61. The van der Waals surface area contributed by atoms with E-state index in [0.717, 1.165) is 15.4 Å². The van der Waals surface area contributed by atoms with E-state index in [4.69, 9.17) is 4.74 Å². The number of pyridine rings is 1. The van der Waals surface area contributed by atoms with Crippen molar-refractivity contribution in [1.82, 2.24) is 18.9 Å². The van der Waals surface area contributed by atoms with Crippen LogP contribution in [0.1, 0.15) is 11.1 Å². The van der Waals surface area contributed by atoms with Gasteiger partial charge in [-0.2, -0.15) is 0 Å². The molecule has 28 heavy (non-hydrogen) atoms. The van der Waals surface area contributed by atoms with E-state index in [-0.39, 0.29) is 17.5 Å². The van der Waals surface area contributed by atoms with Gasteiger partial charge in [-0.1, -0.05) is 11.2 Å². The van der Waals surface area contributed by atoms with Crippen molar-refractivity contribution in [3.8, 4) is 6.01 Å². The lowest BCUT2D eigenvalue weighted by molar-refractivity contribution is -0.118. The Kier molecular flexibility index (Phi) is 5.34. The first-order valence-corrected chi connectivity index (χ1v) is 9.90. The van der Waals surface area contributed by atoms with Crippen molar-refractivity contribution < 1.29 is 17.9 Å². The number of aromatic nitrogens is 3. The third-order valence-electron chi connectivity index (χ3n) is 4.31. The Morgan fingerprint density at radius 2 is 1.96 bits per heavy atom. The smallest absolute Gasteiger partial charge is 0.322 e. The standard InChI is InChI=1S/C18H21N5O4S/c1-12-9-14(28(25,26)22(3)4)10-15(13(12)2)19-17(24)11-27-18-21-20-16-7-5-6-8-23(16)18/h5-10H,11H2,1-4H3,(H,19,24). The summed E-state index contributed by atoms with van der Waals surface area (Å²) in [6, 6.07) is 8.61. The van der Waals surface area contributed by atoms with E-state index in [9.17, 15) is 13.2 Å². The molecule has 1 amide bonds. The maximum absolute atomic E-state index is 12.4. The summed E-state index contributed by atoms with van der Waals surface area (Å²) in [6.45, 7) is 3.31. The van der Waals surface area contributed by atoms with E-state index in [1.807, 2.05) is 13.0 Å². The van der Waals surface area contributed by atoms with Crippen LogP contribution in [-0.4, -0.2) is 53.9 Å².